The van der Waals surface area contributed by atoms with Crippen molar-refractivity contribution in [3.05, 3.63) is 41.2 Å². The molecular weight excluding hydrogens is 176 g/mol. The Hall–Kier alpha value is -1.37. The molecule has 0 atom stereocenters. The summed E-state index contributed by atoms with van der Waals surface area (Å²) in [5.74, 6) is 0. The summed E-state index contributed by atoms with van der Waals surface area (Å²) in [7, 11) is 1.96. The van der Waals surface area contributed by atoms with Gasteiger partial charge in [0.2, 0.25) is 0 Å². The fourth-order valence-corrected chi connectivity index (χ4v) is 1.24. The van der Waals surface area contributed by atoms with Crippen LogP contribution in [-0.2, 0) is 6.54 Å². The Morgan fingerprint density at radius 3 is 2.50 bits per heavy atom. The SMILES string of the molecule is [C-]#[N+]c1ccc(CN(C)CCO)cc1. The van der Waals surface area contributed by atoms with Crippen LogP contribution in [0.15, 0.2) is 24.3 Å². The molecule has 1 aromatic carbocycles. The third-order valence-electron chi connectivity index (χ3n) is 2.00. The van der Waals surface area contributed by atoms with Gasteiger partial charge in [-0.15, -0.1) is 0 Å². The Morgan fingerprint density at radius 2 is 2.00 bits per heavy atom. The zero-order chi connectivity index (χ0) is 10.4. The summed E-state index contributed by atoms with van der Waals surface area (Å²) < 4.78 is 0. The molecule has 0 aromatic heterocycles. The predicted molar refractivity (Wildman–Crippen MR) is 56.1 cm³/mol. The van der Waals surface area contributed by atoms with Crippen LogP contribution in [0.4, 0.5) is 5.69 Å². The first-order valence-corrected chi connectivity index (χ1v) is 4.52. The maximum absolute atomic E-state index is 8.72. The highest BCUT2D eigenvalue weighted by Crippen LogP contribution is 2.13. The molecule has 0 aliphatic rings. The Morgan fingerprint density at radius 1 is 1.36 bits per heavy atom. The summed E-state index contributed by atoms with van der Waals surface area (Å²) in [5.41, 5.74) is 1.83. The van der Waals surface area contributed by atoms with Crippen molar-refractivity contribution in [2.45, 2.75) is 6.54 Å². The first-order chi connectivity index (χ1) is 6.76. The minimum Gasteiger partial charge on any atom is -0.395 e. The molecular formula is C11H14N2O. The predicted octanol–water partition coefficient (Wildman–Crippen LogP) is 1.66. The Balaban J connectivity index is 2.56. The molecule has 0 bridgehead atoms. The molecule has 0 radical (unpaired) electrons. The summed E-state index contributed by atoms with van der Waals surface area (Å²) in [6, 6.07) is 7.52. The van der Waals surface area contributed by atoms with Gasteiger partial charge in [0, 0.05) is 13.1 Å². The molecule has 1 N–H and O–H groups in total. The van der Waals surface area contributed by atoms with Crippen LogP contribution < -0.4 is 0 Å². The first kappa shape index (κ1) is 10.7. The minimum atomic E-state index is 0.177. The molecule has 74 valence electrons. The van der Waals surface area contributed by atoms with E-state index in [1.165, 1.54) is 0 Å². The molecule has 0 fully saturated rings. The zero-order valence-corrected chi connectivity index (χ0v) is 8.27. The van der Waals surface area contributed by atoms with Gasteiger partial charge in [0.1, 0.15) is 0 Å². The van der Waals surface area contributed by atoms with Crippen molar-refractivity contribution >= 4 is 5.69 Å². The Kier molecular flexibility index (Phi) is 4.11. The lowest BCUT2D eigenvalue weighted by atomic mass is 10.2. The second kappa shape index (κ2) is 5.38. The third-order valence-corrected chi connectivity index (χ3v) is 2.00. The second-order valence-electron chi connectivity index (χ2n) is 3.24. The van der Waals surface area contributed by atoms with Crippen LogP contribution in [0.2, 0.25) is 0 Å². The largest absolute Gasteiger partial charge is 0.395 e. The number of aliphatic hydroxyl groups is 1. The van der Waals surface area contributed by atoms with Crippen LogP contribution in [0.25, 0.3) is 4.85 Å². The number of likely N-dealkylation sites (N-methyl/N-ethyl adjacent to an activating group) is 1. The molecule has 1 rings (SSSR count). The normalized spacial score (nSPS) is 10.1. The smallest absolute Gasteiger partial charge is 0.187 e. The van der Waals surface area contributed by atoms with Gasteiger partial charge in [-0.25, -0.2) is 4.85 Å². The summed E-state index contributed by atoms with van der Waals surface area (Å²) in [5, 5.41) is 8.72. The lowest BCUT2D eigenvalue weighted by Crippen LogP contribution is -2.21. The zero-order valence-electron chi connectivity index (χ0n) is 8.27. The minimum absolute atomic E-state index is 0.177. The highest BCUT2D eigenvalue weighted by Gasteiger charge is 1.99. The lowest BCUT2D eigenvalue weighted by Gasteiger charge is -2.14. The molecule has 0 aliphatic heterocycles. The highest BCUT2D eigenvalue weighted by molar-refractivity contribution is 5.45. The molecule has 0 heterocycles. The molecule has 0 saturated carbocycles. The molecule has 0 amide bonds. The van der Waals surface area contributed by atoms with E-state index in [1.807, 2.05) is 36.2 Å². The van der Waals surface area contributed by atoms with Gasteiger partial charge in [-0.05, 0) is 12.6 Å². The van der Waals surface area contributed by atoms with Gasteiger partial charge < -0.3 is 5.11 Å². The van der Waals surface area contributed by atoms with Gasteiger partial charge in [-0.1, -0.05) is 24.3 Å². The highest BCUT2D eigenvalue weighted by atomic mass is 16.3. The maximum Gasteiger partial charge on any atom is 0.187 e. The van der Waals surface area contributed by atoms with E-state index in [4.69, 9.17) is 11.7 Å². The van der Waals surface area contributed by atoms with E-state index in [9.17, 15) is 0 Å². The molecule has 0 aliphatic carbocycles. The van der Waals surface area contributed by atoms with E-state index in [-0.39, 0.29) is 6.61 Å². The third kappa shape index (κ3) is 3.17. The van der Waals surface area contributed by atoms with Crippen molar-refractivity contribution in [3.63, 3.8) is 0 Å². The topological polar surface area (TPSA) is 27.8 Å². The van der Waals surface area contributed by atoms with Crippen molar-refractivity contribution in [2.75, 3.05) is 20.2 Å². The van der Waals surface area contributed by atoms with Crippen LogP contribution in [-0.4, -0.2) is 30.2 Å². The van der Waals surface area contributed by atoms with Gasteiger partial charge in [-0.3, -0.25) is 4.90 Å². The molecule has 0 unspecified atom stereocenters. The van der Waals surface area contributed by atoms with Gasteiger partial charge in [0.15, 0.2) is 5.69 Å². The number of hydrogen-bond acceptors (Lipinski definition) is 2. The van der Waals surface area contributed by atoms with E-state index in [0.29, 0.717) is 12.2 Å². The monoisotopic (exact) mass is 190 g/mol. The number of nitrogens with zero attached hydrogens (tertiary/aromatic N) is 2. The summed E-state index contributed by atoms with van der Waals surface area (Å²) >= 11 is 0. The average Bonchev–Trinajstić information content (AvgIpc) is 2.19. The van der Waals surface area contributed by atoms with E-state index in [0.717, 1.165) is 12.1 Å². The van der Waals surface area contributed by atoms with Crippen molar-refractivity contribution in [1.82, 2.24) is 4.90 Å². The van der Waals surface area contributed by atoms with Gasteiger partial charge in [0.05, 0.1) is 13.2 Å². The van der Waals surface area contributed by atoms with Gasteiger partial charge in [-0.2, -0.15) is 0 Å². The molecule has 3 nitrogen and oxygen atoms in total. The van der Waals surface area contributed by atoms with E-state index in [1.54, 1.807) is 0 Å². The number of rotatable bonds is 4. The average molecular weight is 190 g/mol. The summed E-state index contributed by atoms with van der Waals surface area (Å²) in [6.45, 7) is 8.46. The molecule has 14 heavy (non-hydrogen) atoms. The van der Waals surface area contributed by atoms with E-state index >= 15 is 0 Å². The fraction of sp³-hybridized carbons (Fsp3) is 0.364. The fourth-order valence-electron chi connectivity index (χ4n) is 1.24. The number of aliphatic hydroxyl groups excluding tert-OH is 1. The van der Waals surface area contributed by atoms with Gasteiger partial charge in [0.25, 0.3) is 0 Å². The van der Waals surface area contributed by atoms with Crippen LogP contribution in [0.1, 0.15) is 5.56 Å². The van der Waals surface area contributed by atoms with E-state index in [2.05, 4.69) is 4.85 Å². The Labute approximate surface area is 84.4 Å². The van der Waals surface area contributed by atoms with Crippen LogP contribution >= 0.6 is 0 Å². The summed E-state index contributed by atoms with van der Waals surface area (Å²) in [6.07, 6.45) is 0. The molecule has 0 spiro atoms. The van der Waals surface area contributed by atoms with Crippen molar-refractivity contribution in [2.24, 2.45) is 0 Å². The molecule has 3 heteroatoms. The molecule has 1 aromatic rings. The van der Waals surface area contributed by atoms with Crippen molar-refractivity contribution < 1.29 is 5.11 Å². The van der Waals surface area contributed by atoms with Crippen molar-refractivity contribution in [1.29, 1.82) is 0 Å². The molecule has 0 saturated heterocycles. The summed E-state index contributed by atoms with van der Waals surface area (Å²) in [4.78, 5) is 5.36. The number of hydrogen-bond donors (Lipinski definition) is 1. The lowest BCUT2D eigenvalue weighted by molar-refractivity contribution is 0.217. The van der Waals surface area contributed by atoms with E-state index < -0.39 is 0 Å². The second-order valence-corrected chi connectivity index (χ2v) is 3.24. The van der Waals surface area contributed by atoms with Crippen LogP contribution in [0.5, 0.6) is 0 Å². The standard InChI is InChI=1S/C11H14N2O/c1-12-11-5-3-10(4-6-11)9-13(2)7-8-14/h3-6,14H,7-9H2,2H3. The van der Waals surface area contributed by atoms with Crippen LogP contribution in [0.3, 0.4) is 0 Å². The maximum atomic E-state index is 8.72. The van der Waals surface area contributed by atoms with Gasteiger partial charge >= 0.3 is 0 Å². The first-order valence-electron chi connectivity index (χ1n) is 4.52. The quantitative estimate of drug-likeness (QED) is 0.731. The van der Waals surface area contributed by atoms with Crippen LogP contribution in [0, 0.1) is 6.57 Å². The number of benzene rings is 1. The Bertz CT molecular complexity index is 313. The van der Waals surface area contributed by atoms with Crippen molar-refractivity contribution in [3.8, 4) is 0 Å².